The Kier molecular flexibility index (Phi) is 6.70. The number of ether oxygens (including phenoxy) is 1. The van der Waals surface area contributed by atoms with E-state index in [2.05, 4.69) is 5.32 Å². The highest BCUT2D eigenvalue weighted by Crippen LogP contribution is 2.32. The van der Waals surface area contributed by atoms with Crippen molar-refractivity contribution in [3.63, 3.8) is 0 Å². The van der Waals surface area contributed by atoms with Gasteiger partial charge in [0.15, 0.2) is 0 Å². The monoisotopic (exact) mass is 476 g/mol. The van der Waals surface area contributed by atoms with Crippen LogP contribution in [0, 0.1) is 5.92 Å². The maximum Gasteiger partial charge on any atom is 0.328 e. The van der Waals surface area contributed by atoms with Gasteiger partial charge in [-0.1, -0.05) is 61.8 Å². The van der Waals surface area contributed by atoms with Crippen LogP contribution in [0.3, 0.4) is 0 Å². The molecule has 0 spiro atoms. The Balaban J connectivity index is 1.53. The van der Waals surface area contributed by atoms with E-state index in [-0.39, 0.29) is 17.7 Å². The Morgan fingerprint density at radius 2 is 1.68 bits per heavy atom. The van der Waals surface area contributed by atoms with Crippen LogP contribution in [-0.4, -0.2) is 35.8 Å². The maximum atomic E-state index is 13.1. The number of nitrogens with zero attached hydrogens (tertiary/aromatic N) is 1. The van der Waals surface area contributed by atoms with E-state index in [1.165, 1.54) is 7.11 Å². The van der Waals surface area contributed by atoms with Crippen LogP contribution in [-0.2, 0) is 16.1 Å². The van der Waals surface area contributed by atoms with Gasteiger partial charge >= 0.3 is 5.97 Å². The van der Waals surface area contributed by atoms with Crippen LogP contribution in [0.2, 0.25) is 5.02 Å². The Bertz CT molecular complexity index is 1250. The van der Waals surface area contributed by atoms with Crippen LogP contribution in [0.5, 0.6) is 0 Å². The normalized spacial score (nSPS) is 13.6. The van der Waals surface area contributed by atoms with E-state index in [1.807, 2.05) is 44.2 Å². The quantitative estimate of drug-likeness (QED) is 0.482. The van der Waals surface area contributed by atoms with Crippen molar-refractivity contribution in [3.05, 3.63) is 88.4 Å². The molecule has 174 valence electrons. The Morgan fingerprint density at radius 1 is 1.00 bits per heavy atom. The fourth-order valence-electron chi connectivity index (χ4n) is 4.20. The lowest BCUT2D eigenvalue weighted by Gasteiger charge is -2.28. The minimum absolute atomic E-state index is 0.0706. The molecule has 1 unspecified atom stereocenters. The zero-order valence-electron chi connectivity index (χ0n) is 19.2. The number of methoxy groups -OCH3 is 1. The Morgan fingerprint density at radius 3 is 2.32 bits per heavy atom. The van der Waals surface area contributed by atoms with Gasteiger partial charge in [-0.25, -0.2) is 4.79 Å². The van der Waals surface area contributed by atoms with Crippen molar-refractivity contribution in [3.8, 4) is 11.1 Å². The summed E-state index contributed by atoms with van der Waals surface area (Å²) in [6.07, 6.45) is 0. The SMILES string of the molecule is COC(=O)C(C(C)C)N1Cc2ccc(-c3ccc(NC(=O)c4ccccc4Cl)cc3)cc2C1=O. The third-order valence-electron chi connectivity index (χ3n) is 5.95. The fraction of sp³-hybridized carbons (Fsp3) is 0.222. The van der Waals surface area contributed by atoms with Crippen LogP contribution in [0.4, 0.5) is 5.69 Å². The summed E-state index contributed by atoms with van der Waals surface area (Å²) in [7, 11) is 1.34. The molecule has 3 aromatic rings. The lowest BCUT2D eigenvalue weighted by Crippen LogP contribution is -2.45. The number of halogens is 1. The number of benzene rings is 3. The summed E-state index contributed by atoms with van der Waals surface area (Å²) in [4.78, 5) is 39.5. The molecule has 6 nitrogen and oxygen atoms in total. The molecule has 7 heteroatoms. The third-order valence-corrected chi connectivity index (χ3v) is 6.28. The number of fused-ring (bicyclic) bond motifs is 1. The molecule has 34 heavy (non-hydrogen) atoms. The van der Waals surface area contributed by atoms with Crippen molar-refractivity contribution in [2.75, 3.05) is 12.4 Å². The first kappa shape index (κ1) is 23.5. The van der Waals surface area contributed by atoms with Gasteiger partial charge in [-0.3, -0.25) is 9.59 Å². The average Bonchev–Trinajstić information content (AvgIpc) is 3.14. The van der Waals surface area contributed by atoms with Gasteiger partial charge in [-0.2, -0.15) is 0 Å². The van der Waals surface area contributed by atoms with Crippen LogP contribution in [0.1, 0.15) is 40.1 Å². The number of rotatable bonds is 6. The second-order valence-corrected chi connectivity index (χ2v) is 8.94. The fourth-order valence-corrected chi connectivity index (χ4v) is 4.42. The number of nitrogens with one attached hydrogen (secondary N) is 1. The largest absolute Gasteiger partial charge is 0.467 e. The Hall–Kier alpha value is -3.64. The van der Waals surface area contributed by atoms with E-state index in [4.69, 9.17) is 16.3 Å². The molecule has 1 N–H and O–H groups in total. The molecule has 0 aromatic heterocycles. The van der Waals surface area contributed by atoms with Gasteiger partial charge in [0.25, 0.3) is 11.8 Å². The van der Waals surface area contributed by atoms with Gasteiger partial charge in [0, 0.05) is 17.8 Å². The van der Waals surface area contributed by atoms with Crippen molar-refractivity contribution < 1.29 is 19.1 Å². The van der Waals surface area contributed by atoms with E-state index in [9.17, 15) is 14.4 Å². The van der Waals surface area contributed by atoms with Crippen LogP contribution in [0.15, 0.2) is 66.7 Å². The van der Waals surface area contributed by atoms with Gasteiger partial charge in [-0.05, 0) is 52.9 Å². The number of amides is 2. The summed E-state index contributed by atoms with van der Waals surface area (Å²) in [6.45, 7) is 4.17. The summed E-state index contributed by atoms with van der Waals surface area (Å²) in [5.74, 6) is -0.944. The highest BCUT2D eigenvalue weighted by Gasteiger charge is 2.38. The van der Waals surface area contributed by atoms with Crippen LogP contribution >= 0.6 is 11.6 Å². The second kappa shape index (κ2) is 9.69. The standard InChI is InChI=1S/C27H25ClN2O4/c1-16(2)24(27(33)34-3)30-15-19-9-8-18(14-22(19)26(30)32)17-10-12-20(13-11-17)29-25(31)21-6-4-5-7-23(21)28/h4-14,16,24H,15H2,1-3H3,(H,29,31). The molecule has 0 saturated carbocycles. The number of esters is 1. The van der Waals surface area contributed by atoms with Gasteiger partial charge in [0.2, 0.25) is 0 Å². The van der Waals surface area contributed by atoms with Crippen molar-refractivity contribution >= 4 is 35.1 Å². The number of anilines is 1. The van der Waals surface area contributed by atoms with E-state index in [1.54, 1.807) is 41.3 Å². The van der Waals surface area contributed by atoms with Crippen LogP contribution in [0.25, 0.3) is 11.1 Å². The Labute approximate surface area is 203 Å². The van der Waals surface area contributed by atoms with E-state index >= 15 is 0 Å². The molecule has 0 radical (unpaired) electrons. The zero-order chi connectivity index (χ0) is 24.4. The predicted octanol–water partition coefficient (Wildman–Crippen LogP) is 5.41. The average molecular weight is 477 g/mol. The smallest absolute Gasteiger partial charge is 0.328 e. The molecule has 1 heterocycles. The lowest BCUT2D eigenvalue weighted by atomic mass is 10.00. The van der Waals surface area contributed by atoms with Gasteiger partial charge < -0.3 is 15.0 Å². The molecule has 1 aliphatic rings. The second-order valence-electron chi connectivity index (χ2n) is 8.53. The number of carbonyl (C=O) groups is 3. The number of carbonyl (C=O) groups excluding carboxylic acids is 3. The highest BCUT2D eigenvalue weighted by molar-refractivity contribution is 6.34. The molecular formula is C27H25ClN2O4. The molecule has 0 aliphatic carbocycles. The molecule has 1 atom stereocenters. The first-order valence-corrected chi connectivity index (χ1v) is 11.4. The number of hydrogen-bond donors (Lipinski definition) is 1. The minimum Gasteiger partial charge on any atom is -0.467 e. The first-order valence-electron chi connectivity index (χ1n) is 11.0. The molecule has 0 saturated heterocycles. The molecule has 2 amide bonds. The summed E-state index contributed by atoms with van der Waals surface area (Å²) >= 11 is 6.10. The topological polar surface area (TPSA) is 75.7 Å². The molecular weight excluding hydrogens is 452 g/mol. The molecule has 3 aromatic carbocycles. The summed E-state index contributed by atoms with van der Waals surface area (Å²) in [5.41, 5.74) is 4.28. The summed E-state index contributed by atoms with van der Waals surface area (Å²) in [5, 5.41) is 3.23. The van der Waals surface area contributed by atoms with Gasteiger partial charge in [-0.15, -0.1) is 0 Å². The predicted molar refractivity (Wildman–Crippen MR) is 132 cm³/mol. The lowest BCUT2D eigenvalue weighted by molar-refractivity contribution is -0.147. The molecule has 0 bridgehead atoms. The summed E-state index contributed by atoms with van der Waals surface area (Å²) < 4.78 is 4.93. The van der Waals surface area contributed by atoms with Crippen molar-refractivity contribution in [1.82, 2.24) is 4.90 Å². The first-order chi connectivity index (χ1) is 16.3. The molecule has 4 rings (SSSR count). The van der Waals surface area contributed by atoms with Gasteiger partial charge in [0.1, 0.15) is 6.04 Å². The van der Waals surface area contributed by atoms with E-state index < -0.39 is 12.0 Å². The van der Waals surface area contributed by atoms with Crippen LogP contribution < -0.4 is 5.32 Å². The van der Waals surface area contributed by atoms with Gasteiger partial charge in [0.05, 0.1) is 17.7 Å². The minimum atomic E-state index is -0.630. The van der Waals surface area contributed by atoms with Crippen molar-refractivity contribution in [1.29, 1.82) is 0 Å². The third kappa shape index (κ3) is 4.54. The zero-order valence-corrected chi connectivity index (χ0v) is 19.9. The van der Waals surface area contributed by atoms with E-state index in [0.717, 1.165) is 16.7 Å². The molecule has 0 fully saturated rings. The van der Waals surface area contributed by atoms with Crippen molar-refractivity contribution in [2.24, 2.45) is 5.92 Å². The maximum absolute atomic E-state index is 13.1. The highest BCUT2D eigenvalue weighted by atomic mass is 35.5. The van der Waals surface area contributed by atoms with E-state index in [0.29, 0.717) is 28.4 Å². The molecule has 1 aliphatic heterocycles. The van der Waals surface area contributed by atoms with Crippen molar-refractivity contribution in [2.45, 2.75) is 26.4 Å². The summed E-state index contributed by atoms with van der Waals surface area (Å²) in [6, 6.07) is 19.3. The number of hydrogen-bond acceptors (Lipinski definition) is 4.